The molecule has 0 N–H and O–H groups in total. The predicted molar refractivity (Wildman–Crippen MR) is 118 cm³/mol. The van der Waals surface area contributed by atoms with E-state index in [9.17, 15) is 0 Å². The lowest BCUT2D eigenvalue weighted by Crippen LogP contribution is -2.32. The van der Waals surface area contributed by atoms with Gasteiger partial charge in [0.1, 0.15) is 5.69 Å². The Bertz CT molecular complexity index is 970. The number of hydrogen-bond donors (Lipinski definition) is 0. The Kier molecular flexibility index (Phi) is 5.15. The molecule has 0 saturated carbocycles. The Morgan fingerprint density at radius 2 is 2.04 bits per heavy atom. The summed E-state index contributed by atoms with van der Waals surface area (Å²) in [6.07, 6.45) is 7.87. The van der Waals surface area contributed by atoms with Gasteiger partial charge >= 0.3 is 0 Å². The Labute approximate surface area is 177 Å². The molecule has 28 heavy (non-hydrogen) atoms. The molecule has 3 aromatic rings. The molecule has 0 amide bonds. The monoisotopic (exact) mass is 460 g/mol. The van der Waals surface area contributed by atoms with Crippen molar-refractivity contribution < 1.29 is 4.74 Å². The average Bonchev–Trinajstić information content (AvgIpc) is 3.34. The molecule has 2 fully saturated rings. The maximum absolute atomic E-state index is 6.03. The maximum atomic E-state index is 6.03. The van der Waals surface area contributed by atoms with Gasteiger partial charge in [-0.1, -0.05) is 34.2 Å². The lowest BCUT2D eigenvalue weighted by atomic mass is 10.00. The summed E-state index contributed by atoms with van der Waals surface area (Å²) in [4.78, 5) is 8.30. The second kappa shape index (κ2) is 7.76. The first-order valence-corrected chi connectivity index (χ1v) is 11.8. The van der Waals surface area contributed by atoms with Crippen LogP contribution in [-0.4, -0.2) is 34.5 Å². The van der Waals surface area contributed by atoms with Crippen LogP contribution in [0.5, 0.6) is 0 Å². The number of anilines is 1. The molecule has 7 heteroatoms. The second-order valence-electron chi connectivity index (χ2n) is 7.95. The highest BCUT2D eigenvalue weighted by Gasteiger charge is 2.24. The van der Waals surface area contributed by atoms with Crippen LogP contribution in [0.3, 0.4) is 0 Å². The molecule has 2 saturated heterocycles. The SMILES string of the molecule is CC1CCN(c2ncc(-c3nn(C4CCCCO4)c4ccc(Br)cc34)s2)CC1. The van der Waals surface area contributed by atoms with Gasteiger partial charge in [-0.3, -0.25) is 0 Å². The number of ether oxygens (including phenoxy) is 1. The molecule has 148 valence electrons. The molecule has 2 aromatic heterocycles. The van der Waals surface area contributed by atoms with Crippen molar-refractivity contribution in [3.8, 4) is 10.6 Å². The number of thiazole rings is 1. The predicted octanol–water partition coefficient (Wildman–Crippen LogP) is 5.86. The zero-order chi connectivity index (χ0) is 19.1. The van der Waals surface area contributed by atoms with E-state index in [1.165, 1.54) is 19.3 Å². The van der Waals surface area contributed by atoms with Crippen LogP contribution in [0.15, 0.2) is 28.9 Å². The highest BCUT2D eigenvalue weighted by molar-refractivity contribution is 9.10. The molecule has 5 nitrogen and oxygen atoms in total. The third kappa shape index (κ3) is 3.48. The zero-order valence-electron chi connectivity index (χ0n) is 16.1. The number of hydrogen-bond acceptors (Lipinski definition) is 5. The molecule has 2 aliphatic heterocycles. The molecule has 0 bridgehead atoms. The fourth-order valence-corrected chi connectivity index (χ4v) is 5.48. The van der Waals surface area contributed by atoms with E-state index in [0.29, 0.717) is 0 Å². The Morgan fingerprint density at radius 3 is 2.82 bits per heavy atom. The number of benzene rings is 1. The van der Waals surface area contributed by atoms with Gasteiger partial charge in [0.05, 0.1) is 10.4 Å². The highest BCUT2D eigenvalue weighted by Crippen LogP contribution is 2.38. The van der Waals surface area contributed by atoms with E-state index in [0.717, 1.165) is 69.5 Å². The largest absolute Gasteiger partial charge is 0.356 e. The number of aromatic nitrogens is 3. The van der Waals surface area contributed by atoms with Crippen molar-refractivity contribution in [2.45, 2.75) is 45.3 Å². The van der Waals surface area contributed by atoms with Gasteiger partial charge in [-0.25, -0.2) is 9.67 Å². The highest BCUT2D eigenvalue weighted by atomic mass is 79.9. The first-order valence-electron chi connectivity index (χ1n) is 10.2. The van der Waals surface area contributed by atoms with Gasteiger partial charge < -0.3 is 9.64 Å². The van der Waals surface area contributed by atoms with Crippen LogP contribution in [0.2, 0.25) is 0 Å². The third-order valence-corrected chi connectivity index (χ3v) is 7.44. The Balaban J connectivity index is 1.53. The van der Waals surface area contributed by atoms with Crippen LogP contribution in [0.1, 0.15) is 45.3 Å². The molecule has 1 unspecified atom stereocenters. The van der Waals surface area contributed by atoms with Crippen LogP contribution in [0, 0.1) is 5.92 Å². The van der Waals surface area contributed by atoms with Crippen LogP contribution in [-0.2, 0) is 4.74 Å². The topological polar surface area (TPSA) is 43.2 Å². The van der Waals surface area contributed by atoms with Crippen molar-refractivity contribution in [3.05, 3.63) is 28.9 Å². The molecular formula is C21H25BrN4OS. The van der Waals surface area contributed by atoms with E-state index in [4.69, 9.17) is 14.8 Å². The fourth-order valence-electron chi connectivity index (χ4n) is 4.15. The third-order valence-electron chi connectivity index (χ3n) is 5.88. The second-order valence-corrected chi connectivity index (χ2v) is 9.88. The molecule has 5 rings (SSSR count). The summed E-state index contributed by atoms with van der Waals surface area (Å²) in [6.45, 7) is 5.36. The molecule has 0 radical (unpaired) electrons. The minimum Gasteiger partial charge on any atom is -0.356 e. The van der Waals surface area contributed by atoms with Gasteiger partial charge in [0.2, 0.25) is 0 Å². The van der Waals surface area contributed by atoms with Crippen LogP contribution in [0.25, 0.3) is 21.5 Å². The van der Waals surface area contributed by atoms with Gasteiger partial charge in [-0.15, -0.1) is 0 Å². The molecule has 1 atom stereocenters. The van der Waals surface area contributed by atoms with Gasteiger partial charge in [-0.05, 0) is 56.2 Å². The summed E-state index contributed by atoms with van der Waals surface area (Å²) in [5, 5.41) is 7.29. The maximum Gasteiger partial charge on any atom is 0.185 e. The Morgan fingerprint density at radius 1 is 1.18 bits per heavy atom. The van der Waals surface area contributed by atoms with Crippen LogP contribution in [0.4, 0.5) is 5.13 Å². The average molecular weight is 461 g/mol. The van der Waals surface area contributed by atoms with Crippen LogP contribution < -0.4 is 4.90 Å². The smallest absolute Gasteiger partial charge is 0.185 e. The lowest BCUT2D eigenvalue weighted by Gasteiger charge is -2.29. The van der Waals surface area contributed by atoms with Crippen molar-refractivity contribution in [2.75, 3.05) is 24.6 Å². The number of piperidine rings is 1. The van der Waals surface area contributed by atoms with Gasteiger partial charge in [-0.2, -0.15) is 5.10 Å². The van der Waals surface area contributed by atoms with E-state index in [1.54, 1.807) is 11.3 Å². The lowest BCUT2D eigenvalue weighted by molar-refractivity contribution is -0.0365. The first-order chi connectivity index (χ1) is 13.7. The van der Waals surface area contributed by atoms with E-state index in [2.05, 4.69) is 50.6 Å². The van der Waals surface area contributed by atoms with Gasteiger partial charge in [0.25, 0.3) is 0 Å². The molecule has 0 spiro atoms. The first kappa shape index (κ1) is 18.6. The molecular weight excluding hydrogens is 436 g/mol. The van der Waals surface area contributed by atoms with Crippen molar-refractivity contribution in [3.63, 3.8) is 0 Å². The van der Waals surface area contributed by atoms with E-state index in [1.807, 2.05) is 6.20 Å². The van der Waals surface area contributed by atoms with E-state index in [-0.39, 0.29) is 6.23 Å². The quantitative estimate of drug-likeness (QED) is 0.490. The van der Waals surface area contributed by atoms with Crippen molar-refractivity contribution in [1.29, 1.82) is 0 Å². The molecule has 4 heterocycles. The van der Waals surface area contributed by atoms with Crippen molar-refractivity contribution in [2.24, 2.45) is 5.92 Å². The van der Waals surface area contributed by atoms with Crippen LogP contribution >= 0.6 is 27.3 Å². The number of halogens is 1. The summed E-state index contributed by atoms with van der Waals surface area (Å²) in [5.41, 5.74) is 2.14. The summed E-state index contributed by atoms with van der Waals surface area (Å²) in [7, 11) is 0. The minimum absolute atomic E-state index is 0.0298. The van der Waals surface area contributed by atoms with E-state index < -0.39 is 0 Å². The van der Waals surface area contributed by atoms with Crippen molar-refractivity contribution in [1.82, 2.24) is 14.8 Å². The molecule has 2 aliphatic rings. The molecule has 0 aliphatic carbocycles. The number of rotatable bonds is 3. The zero-order valence-corrected chi connectivity index (χ0v) is 18.5. The number of nitrogens with zero attached hydrogens (tertiary/aromatic N) is 4. The summed E-state index contributed by atoms with van der Waals surface area (Å²) in [6, 6.07) is 6.39. The summed E-state index contributed by atoms with van der Waals surface area (Å²) in [5.74, 6) is 0.822. The minimum atomic E-state index is 0.0298. The number of fused-ring (bicyclic) bond motifs is 1. The fraction of sp³-hybridized carbons (Fsp3) is 0.524. The van der Waals surface area contributed by atoms with Crippen molar-refractivity contribution >= 4 is 43.3 Å². The van der Waals surface area contributed by atoms with Gasteiger partial charge in [0.15, 0.2) is 11.4 Å². The normalized spacial score (nSPS) is 21.5. The Hall–Kier alpha value is -1.44. The summed E-state index contributed by atoms with van der Waals surface area (Å²) < 4.78 is 9.18. The molecule has 1 aromatic carbocycles. The van der Waals surface area contributed by atoms with Gasteiger partial charge in [0, 0.05) is 35.8 Å². The van der Waals surface area contributed by atoms with E-state index >= 15 is 0 Å². The standard InChI is InChI=1S/C21H25BrN4OS/c1-14-7-9-25(10-8-14)21-23-13-18(28-21)20-16-12-15(22)5-6-17(16)26(24-20)19-4-2-3-11-27-19/h5-6,12-14,19H,2-4,7-11H2,1H3. The summed E-state index contributed by atoms with van der Waals surface area (Å²) >= 11 is 5.39.